The van der Waals surface area contributed by atoms with E-state index in [1.807, 2.05) is 12.1 Å². The second-order valence-electron chi connectivity index (χ2n) is 6.20. The number of aliphatic hydroxyl groups is 2. The highest BCUT2D eigenvalue weighted by molar-refractivity contribution is 9.11. The molecule has 1 aliphatic heterocycles. The average Bonchev–Trinajstić information content (AvgIpc) is 2.94. The van der Waals surface area contributed by atoms with E-state index in [1.165, 1.54) is 17.3 Å². The Morgan fingerprint density at radius 1 is 1.29 bits per heavy atom. The minimum atomic E-state index is -1.38. The fourth-order valence-electron chi connectivity index (χ4n) is 2.87. The molecule has 2 heterocycles. The molecule has 8 nitrogen and oxygen atoms in total. The molecule has 1 aromatic heterocycles. The third-order valence-corrected chi connectivity index (χ3v) is 4.98. The molecule has 4 atom stereocenters. The maximum atomic E-state index is 12.1. The summed E-state index contributed by atoms with van der Waals surface area (Å²) >= 11 is 9.13. The molecule has 1 aliphatic rings. The van der Waals surface area contributed by atoms with E-state index in [9.17, 15) is 19.8 Å². The number of nitrogens with zero attached hydrogens (tertiary/aromatic N) is 1. The number of nitrogens with one attached hydrogen (secondary N) is 1. The SMILES string of the molecule is O=c1[nH]c(=O)n([C@@H]2O[C@H](COCc3ccccc3Cl)[C@@H](O)[C@@H]2O)cc1C=CBr. The van der Waals surface area contributed by atoms with Crippen molar-refractivity contribution in [2.24, 2.45) is 0 Å². The summed E-state index contributed by atoms with van der Waals surface area (Å²) in [6.07, 6.45) is -1.99. The molecule has 0 bridgehead atoms. The Morgan fingerprint density at radius 3 is 2.75 bits per heavy atom. The van der Waals surface area contributed by atoms with E-state index in [-0.39, 0.29) is 18.8 Å². The molecule has 150 valence electrons. The quantitative estimate of drug-likeness (QED) is 0.584. The van der Waals surface area contributed by atoms with Crippen molar-refractivity contribution in [2.45, 2.75) is 31.1 Å². The first kappa shape index (κ1) is 21.0. The zero-order valence-electron chi connectivity index (χ0n) is 14.5. The van der Waals surface area contributed by atoms with Crippen LogP contribution >= 0.6 is 27.5 Å². The van der Waals surface area contributed by atoms with Crippen molar-refractivity contribution in [3.63, 3.8) is 0 Å². The highest BCUT2D eigenvalue weighted by Gasteiger charge is 2.44. The van der Waals surface area contributed by atoms with Gasteiger partial charge >= 0.3 is 5.69 Å². The molecule has 0 amide bonds. The third-order valence-electron chi connectivity index (χ3n) is 4.35. The smallest absolute Gasteiger partial charge is 0.330 e. The van der Waals surface area contributed by atoms with Crippen molar-refractivity contribution in [3.8, 4) is 0 Å². The second kappa shape index (κ2) is 9.17. The number of aromatic amines is 1. The fraction of sp³-hybridized carbons (Fsp3) is 0.333. The Labute approximate surface area is 173 Å². The van der Waals surface area contributed by atoms with Gasteiger partial charge in [-0.1, -0.05) is 45.7 Å². The van der Waals surface area contributed by atoms with E-state index >= 15 is 0 Å². The van der Waals surface area contributed by atoms with Gasteiger partial charge in [-0.3, -0.25) is 14.3 Å². The maximum absolute atomic E-state index is 12.1. The van der Waals surface area contributed by atoms with Gasteiger partial charge < -0.3 is 19.7 Å². The zero-order chi connectivity index (χ0) is 20.3. The van der Waals surface area contributed by atoms with Crippen molar-refractivity contribution >= 4 is 33.6 Å². The minimum absolute atomic E-state index is 0.0216. The van der Waals surface area contributed by atoms with Crippen molar-refractivity contribution in [3.05, 3.63) is 72.4 Å². The Kier molecular flexibility index (Phi) is 6.86. The molecule has 0 spiro atoms. The van der Waals surface area contributed by atoms with Crippen LogP contribution in [0.15, 0.2) is 45.0 Å². The summed E-state index contributed by atoms with van der Waals surface area (Å²) in [7, 11) is 0. The Hall–Kier alpha value is -1.75. The molecule has 28 heavy (non-hydrogen) atoms. The summed E-state index contributed by atoms with van der Waals surface area (Å²) < 4.78 is 12.2. The molecule has 2 aromatic rings. The lowest BCUT2D eigenvalue weighted by Gasteiger charge is -2.17. The van der Waals surface area contributed by atoms with Crippen molar-refractivity contribution in [2.75, 3.05) is 6.61 Å². The van der Waals surface area contributed by atoms with Gasteiger partial charge in [0.15, 0.2) is 6.23 Å². The number of halogens is 2. The van der Waals surface area contributed by atoms with E-state index in [0.717, 1.165) is 10.1 Å². The van der Waals surface area contributed by atoms with Gasteiger partial charge in [0.2, 0.25) is 0 Å². The summed E-state index contributed by atoms with van der Waals surface area (Å²) in [5.41, 5.74) is -0.382. The largest absolute Gasteiger partial charge is 0.387 e. The van der Waals surface area contributed by atoms with E-state index in [4.69, 9.17) is 21.1 Å². The van der Waals surface area contributed by atoms with E-state index in [1.54, 1.807) is 12.1 Å². The first-order valence-electron chi connectivity index (χ1n) is 8.37. The molecule has 0 aliphatic carbocycles. The van der Waals surface area contributed by atoms with Crippen LogP contribution in [0.5, 0.6) is 0 Å². The fourth-order valence-corrected chi connectivity index (χ4v) is 3.35. The van der Waals surface area contributed by atoms with Crippen LogP contribution in [0.2, 0.25) is 5.02 Å². The van der Waals surface area contributed by atoms with Crippen LogP contribution in [-0.4, -0.2) is 44.7 Å². The summed E-state index contributed by atoms with van der Waals surface area (Å²) in [6.45, 7) is 0.179. The number of aliphatic hydroxyl groups excluding tert-OH is 2. The number of ether oxygens (including phenoxy) is 2. The van der Waals surface area contributed by atoms with Gasteiger partial charge in [0.05, 0.1) is 18.8 Å². The normalized spacial score (nSPS) is 24.9. The zero-order valence-corrected chi connectivity index (χ0v) is 16.8. The van der Waals surface area contributed by atoms with Crippen molar-refractivity contribution in [1.29, 1.82) is 0 Å². The molecule has 1 fully saturated rings. The molecule has 0 radical (unpaired) electrons. The molecule has 1 saturated heterocycles. The molecular weight excluding hydrogens is 456 g/mol. The van der Waals surface area contributed by atoms with Gasteiger partial charge in [0.25, 0.3) is 5.56 Å². The number of H-pyrrole nitrogens is 1. The predicted molar refractivity (Wildman–Crippen MR) is 106 cm³/mol. The van der Waals surface area contributed by atoms with Crippen molar-refractivity contribution < 1.29 is 19.7 Å². The van der Waals surface area contributed by atoms with Crippen LogP contribution in [0.25, 0.3) is 6.08 Å². The van der Waals surface area contributed by atoms with Gasteiger partial charge in [-0.25, -0.2) is 4.79 Å². The highest BCUT2D eigenvalue weighted by Crippen LogP contribution is 2.29. The number of aromatic nitrogens is 2. The lowest BCUT2D eigenvalue weighted by Crippen LogP contribution is -2.38. The molecular formula is C18H18BrClN2O6. The highest BCUT2D eigenvalue weighted by atomic mass is 79.9. The maximum Gasteiger partial charge on any atom is 0.330 e. The van der Waals surface area contributed by atoms with Gasteiger partial charge in [-0.15, -0.1) is 0 Å². The first-order valence-corrected chi connectivity index (χ1v) is 9.66. The van der Waals surface area contributed by atoms with Crippen molar-refractivity contribution in [1.82, 2.24) is 9.55 Å². The average molecular weight is 474 g/mol. The standard InChI is InChI=1S/C18H18BrClN2O6/c19-6-5-10-7-22(18(26)21-16(10)25)17-15(24)14(23)13(28-17)9-27-8-11-3-1-2-4-12(11)20/h1-7,13-15,17,23-24H,8-9H2,(H,21,25,26)/t13-,14-,15+,17-/m1/s1. The van der Waals surface area contributed by atoms with E-state index < -0.39 is 35.8 Å². The van der Waals surface area contributed by atoms with E-state index in [0.29, 0.717) is 5.02 Å². The van der Waals surface area contributed by atoms with Crippen LogP contribution in [0.1, 0.15) is 17.4 Å². The molecule has 0 unspecified atom stereocenters. The minimum Gasteiger partial charge on any atom is -0.387 e. The predicted octanol–water partition coefficient (Wildman–Crippen LogP) is 1.39. The Balaban J connectivity index is 1.72. The summed E-state index contributed by atoms with van der Waals surface area (Å²) in [5, 5.41) is 21.2. The first-order chi connectivity index (χ1) is 13.4. The lowest BCUT2D eigenvalue weighted by atomic mass is 10.1. The summed E-state index contributed by atoms with van der Waals surface area (Å²) in [6, 6.07) is 7.18. The molecule has 3 rings (SSSR count). The second-order valence-corrected chi connectivity index (χ2v) is 7.13. The number of rotatable bonds is 6. The van der Waals surface area contributed by atoms with Crippen LogP contribution < -0.4 is 11.2 Å². The van der Waals surface area contributed by atoms with Gasteiger partial charge in [-0.2, -0.15) is 0 Å². The Morgan fingerprint density at radius 2 is 2.04 bits per heavy atom. The Bertz CT molecular complexity index is 975. The molecule has 10 heteroatoms. The lowest BCUT2D eigenvalue weighted by molar-refractivity contribution is -0.0711. The van der Waals surface area contributed by atoms with Crippen LogP contribution in [0.4, 0.5) is 0 Å². The number of hydrogen-bond donors (Lipinski definition) is 3. The van der Waals surface area contributed by atoms with Crippen LogP contribution in [0, 0.1) is 0 Å². The summed E-state index contributed by atoms with van der Waals surface area (Å²) in [5.74, 6) is 0. The molecule has 1 aromatic carbocycles. The molecule has 3 N–H and O–H groups in total. The third kappa shape index (κ3) is 4.45. The van der Waals surface area contributed by atoms with Crippen LogP contribution in [0.3, 0.4) is 0 Å². The van der Waals surface area contributed by atoms with Gasteiger partial charge in [0, 0.05) is 11.2 Å². The monoisotopic (exact) mass is 472 g/mol. The number of hydrogen-bond acceptors (Lipinski definition) is 6. The summed E-state index contributed by atoms with van der Waals surface area (Å²) in [4.78, 5) is 27.5. The van der Waals surface area contributed by atoms with Gasteiger partial charge in [0.1, 0.15) is 18.3 Å². The van der Waals surface area contributed by atoms with Crippen LogP contribution in [-0.2, 0) is 16.1 Å². The van der Waals surface area contributed by atoms with E-state index in [2.05, 4.69) is 20.9 Å². The van der Waals surface area contributed by atoms with Gasteiger partial charge in [-0.05, 0) is 22.7 Å². The topological polar surface area (TPSA) is 114 Å². The molecule has 0 saturated carbocycles. The number of benzene rings is 1.